The SMILES string of the molecule is OCc1nn(CN2CCSCC2)c(=S)n1C1CC1. The maximum Gasteiger partial charge on any atom is 0.199 e. The van der Waals surface area contributed by atoms with E-state index in [2.05, 4.69) is 10.00 Å². The van der Waals surface area contributed by atoms with Crippen LogP contribution in [-0.2, 0) is 13.3 Å². The van der Waals surface area contributed by atoms with Gasteiger partial charge in [-0.3, -0.25) is 9.47 Å². The molecule has 1 aliphatic carbocycles. The summed E-state index contributed by atoms with van der Waals surface area (Å²) >= 11 is 7.48. The molecule has 100 valence electrons. The number of aliphatic hydroxyl groups is 1. The minimum Gasteiger partial charge on any atom is -0.388 e. The van der Waals surface area contributed by atoms with Crippen LogP contribution in [0.1, 0.15) is 24.7 Å². The summed E-state index contributed by atoms with van der Waals surface area (Å²) in [6.07, 6.45) is 2.32. The Morgan fingerprint density at radius 3 is 2.67 bits per heavy atom. The van der Waals surface area contributed by atoms with Crippen molar-refractivity contribution in [3.63, 3.8) is 0 Å². The van der Waals surface area contributed by atoms with Crippen LogP contribution >= 0.6 is 24.0 Å². The molecule has 0 spiro atoms. The van der Waals surface area contributed by atoms with Crippen LogP contribution in [0.5, 0.6) is 0 Å². The Hall–Kier alpha value is -0.370. The molecule has 2 heterocycles. The molecular formula is C11H18N4OS2. The zero-order chi connectivity index (χ0) is 12.5. The highest BCUT2D eigenvalue weighted by Gasteiger charge is 2.28. The van der Waals surface area contributed by atoms with E-state index in [1.54, 1.807) is 0 Å². The van der Waals surface area contributed by atoms with E-state index in [1.807, 2.05) is 21.0 Å². The second kappa shape index (κ2) is 5.32. The van der Waals surface area contributed by atoms with Crippen LogP contribution in [0, 0.1) is 4.77 Å². The molecule has 1 aliphatic heterocycles. The van der Waals surface area contributed by atoms with E-state index in [-0.39, 0.29) is 6.61 Å². The maximum atomic E-state index is 9.38. The van der Waals surface area contributed by atoms with E-state index >= 15 is 0 Å². The fraction of sp³-hybridized carbons (Fsp3) is 0.818. The molecule has 1 saturated carbocycles. The molecule has 0 atom stereocenters. The van der Waals surface area contributed by atoms with E-state index in [9.17, 15) is 5.11 Å². The number of hydrogen-bond donors (Lipinski definition) is 1. The lowest BCUT2D eigenvalue weighted by Gasteiger charge is -2.25. The Balaban J connectivity index is 1.81. The summed E-state index contributed by atoms with van der Waals surface area (Å²) in [7, 11) is 0. The molecule has 1 aromatic rings. The predicted octanol–water partition coefficient (Wildman–Crippen LogP) is 1.25. The molecule has 0 unspecified atom stereocenters. The molecule has 2 aliphatic rings. The van der Waals surface area contributed by atoms with Crippen molar-refractivity contribution in [2.24, 2.45) is 0 Å². The third kappa shape index (κ3) is 2.49. The first kappa shape index (κ1) is 12.7. The number of aromatic nitrogens is 3. The Morgan fingerprint density at radius 2 is 2.06 bits per heavy atom. The quantitative estimate of drug-likeness (QED) is 0.844. The third-order valence-corrected chi connectivity index (χ3v) is 4.78. The number of rotatable bonds is 4. The van der Waals surface area contributed by atoms with Gasteiger partial charge in [-0.15, -0.1) is 0 Å². The van der Waals surface area contributed by atoms with Crippen LogP contribution in [0.3, 0.4) is 0 Å². The van der Waals surface area contributed by atoms with Crippen LogP contribution in [-0.4, -0.2) is 48.9 Å². The molecule has 0 aromatic carbocycles. The molecule has 2 fully saturated rings. The van der Waals surface area contributed by atoms with Gasteiger partial charge in [-0.1, -0.05) is 0 Å². The first-order valence-electron chi connectivity index (χ1n) is 6.39. The zero-order valence-electron chi connectivity index (χ0n) is 10.3. The zero-order valence-corrected chi connectivity index (χ0v) is 11.9. The van der Waals surface area contributed by atoms with Crippen LogP contribution in [0.25, 0.3) is 0 Å². The summed E-state index contributed by atoms with van der Waals surface area (Å²) in [6, 6.07) is 0.477. The Bertz CT molecular complexity index is 474. The summed E-state index contributed by atoms with van der Waals surface area (Å²) in [5.74, 6) is 3.08. The fourth-order valence-corrected chi connectivity index (χ4v) is 3.63. The highest BCUT2D eigenvalue weighted by molar-refractivity contribution is 7.99. The van der Waals surface area contributed by atoms with Gasteiger partial charge < -0.3 is 5.11 Å². The largest absolute Gasteiger partial charge is 0.388 e. The smallest absolute Gasteiger partial charge is 0.199 e. The average molecular weight is 286 g/mol. The standard InChI is InChI=1S/C11H18N4OS2/c16-7-10-12-14(8-13-3-5-18-6-4-13)11(17)15(10)9-1-2-9/h9,16H,1-8H2. The molecule has 0 bridgehead atoms. The van der Waals surface area contributed by atoms with Crippen LogP contribution in [0.15, 0.2) is 0 Å². The highest BCUT2D eigenvalue weighted by atomic mass is 32.2. The van der Waals surface area contributed by atoms with E-state index in [0.29, 0.717) is 11.9 Å². The van der Waals surface area contributed by atoms with Gasteiger partial charge in [-0.2, -0.15) is 16.9 Å². The summed E-state index contributed by atoms with van der Waals surface area (Å²) < 4.78 is 4.67. The summed E-state index contributed by atoms with van der Waals surface area (Å²) in [6.45, 7) is 2.92. The van der Waals surface area contributed by atoms with Gasteiger partial charge in [0.1, 0.15) is 6.61 Å². The molecule has 0 amide bonds. The lowest BCUT2D eigenvalue weighted by molar-refractivity contribution is 0.223. The van der Waals surface area contributed by atoms with Crippen LogP contribution < -0.4 is 0 Å². The Labute approximate surface area is 116 Å². The van der Waals surface area contributed by atoms with E-state index in [1.165, 1.54) is 11.5 Å². The van der Waals surface area contributed by atoms with Crippen molar-refractivity contribution in [2.75, 3.05) is 24.6 Å². The monoisotopic (exact) mass is 286 g/mol. The molecule has 1 N–H and O–H groups in total. The molecule has 5 nitrogen and oxygen atoms in total. The molecule has 7 heteroatoms. The third-order valence-electron chi connectivity index (χ3n) is 3.43. The van der Waals surface area contributed by atoms with Crippen molar-refractivity contribution in [3.8, 4) is 0 Å². The summed E-state index contributed by atoms with van der Waals surface area (Å²) in [4.78, 5) is 2.37. The second-order valence-corrected chi connectivity index (χ2v) is 6.42. The van der Waals surface area contributed by atoms with Crippen molar-refractivity contribution in [1.29, 1.82) is 0 Å². The molecule has 3 rings (SSSR count). The molecule has 1 saturated heterocycles. The number of aliphatic hydroxyl groups excluding tert-OH is 1. The van der Waals surface area contributed by atoms with Crippen molar-refractivity contribution in [1.82, 2.24) is 19.2 Å². The minimum atomic E-state index is -0.0248. The van der Waals surface area contributed by atoms with Crippen LogP contribution in [0.4, 0.5) is 0 Å². The van der Waals surface area contributed by atoms with E-state index in [4.69, 9.17) is 12.2 Å². The highest BCUT2D eigenvalue weighted by Crippen LogP contribution is 2.36. The number of nitrogens with zero attached hydrogens (tertiary/aromatic N) is 4. The summed E-state index contributed by atoms with van der Waals surface area (Å²) in [5, 5.41) is 13.8. The fourth-order valence-electron chi connectivity index (χ4n) is 2.30. The lowest BCUT2D eigenvalue weighted by atomic mass is 10.5. The first-order valence-corrected chi connectivity index (χ1v) is 7.95. The second-order valence-electron chi connectivity index (χ2n) is 4.83. The summed E-state index contributed by atoms with van der Waals surface area (Å²) in [5.41, 5.74) is 0. The Kier molecular flexibility index (Phi) is 3.74. The molecule has 1 aromatic heterocycles. The topological polar surface area (TPSA) is 46.2 Å². The number of hydrogen-bond acceptors (Lipinski definition) is 5. The van der Waals surface area contributed by atoms with Gasteiger partial charge in [0, 0.05) is 30.6 Å². The van der Waals surface area contributed by atoms with Gasteiger partial charge in [-0.25, -0.2) is 4.68 Å². The van der Waals surface area contributed by atoms with Gasteiger partial charge in [0.2, 0.25) is 0 Å². The molecular weight excluding hydrogens is 268 g/mol. The molecule has 0 radical (unpaired) electrons. The Morgan fingerprint density at radius 1 is 1.33 bits per heavy atom. The van der Waals surface area contributed by atoms with Gasteiger partial charge >= 0.3 is 0 Å². The van der Waals surface area contributed by atoms with Gasteiger partial charge in [0.25, 0.3) is 0 Å². The van der Waals surface area contributed by atoms with Crippen molar-refractivity contribution >= 4 is 24.0 Å². The van der Waals surface area contributed by atoms with Crippen molar-refractivity contribution < 1.29 is 5.11 Å². The minimum absolute atomic E-state index is 0.0248. The van der Waals surface area contributed by atoms with Crippen LogP contribution in [0.2, 0.25) is 0 Å². The van der Waals surface area contributed by atoms with Crippen molar-refractivity contribution in [2.45, 2.75) is 32.2 Å². The van der Waals surface area contributed by atoms with Gasteiger partial charge in [0.15, 0.2) is 10.6 Å². The molecule has 18 heavy (non-hydrogen) atoms. The maximum absolute atomic E-state index is 9.38. The van der Waals surface area contributed by atoms with Gasteiger partial charge in [-0.05, 0) is 25.1 Å². The normalized spacial score (nSPS) is 21.4. The van der Waals surface area contributed by atoms with Gasteiger partial charge in [0.05, 0.1) is 6.67 Å². The van der Waals surface area contributed by atoms with Crippen molar-refractivity contribution in [3.05, 3.63) is 10.6 Å². The predicted molar refractivity (Wildman–Crippen MR) is 74.1 cm³/mol. The average Bonchev–Trinajstić information content (AvgIpc) is 3.18. The lowest BCUT2D eigenvalue weighted by Crippen LogP contribution is -2.34. The first-order chi connectivity index (χ1) is 8.79. The van der Waals surface area contributed by atoms with E-state index in [0.717, 1.165) is 37.4 Å². The number of thioether (sulfide) groups is 1. The van der Waals surface area contributed by atoms with E-state index < -0.39 is 0 Å².